The Kier molecular flexibility index (Phi) is 48.0. The lowest BCUT2D eigenvalue weighted by atomic mass is 9.54. The maximum absolute atomic E-state index is 12.8. The van der Waals surface area contributed by atoms with Crippen LogP contribution in [0.1, 0.15) is 310 Å². The summed E-state index contributed by atoms with van der Waals surface area (Å²) in [7, 11) is 2.82. The lowest BCUT2D eigenvalue weighted by Crippen LogP contribution is -2.53. The van der Waals surface area contributed by atoms with Crippen molar-refractivity contribution in [3.8, 4) is 0 Å². The minimum absolute atomic E-state index is 0.0949. The summed E-state index contributed by atoms with van der Waals surface area (Å²) in [5.41, 5.74) is -2.12. The maximum Gasteiger partial charge on any atom is 0.311 e. The SMILES string of the molecule is CC(C(=O)OC(C)(C)C)C(C)C(=O)OC12CC3CC(CC(C3)C1)C2.CC(C(=O)OC12CC3CC(CC(C3)C1)C2)C(C)C(=O)SC(C)(C)C.CC(C(=O)OC1CCCC(=O)C1)C(C)C(=O)OC(C)(C)C.CCOC(C)OC(=O)C(C)C(C)C(=O)OC(C)(C)C.CCOC(C)OC(=O)C(C)C(C)C(=O)OC(C)OCC.COCOC(=O)C(C)C(C)C(=O)OCOC. The van der Waals surface area contributed by atoms with E-state index < -0.39 is 143 Å². The number of hydrogen-bond donors (Lipinski definition) is 0. The number of ether oxygens (including phenoxy) is 16. The van der Waals surface area contributed by atoms with Crippen molar-refractivity contribution < 1.29 is 138 Å². The summed E-state index contributed by atoms with van der Waals surface area (Å²) in [6.07, 6.45) is 14.3. The molecule has 0 radical (unpaired) electrons. The van der Waals surface area contributed by atoms with E-state index in [-0.39, 0.29) is 76.3 Å². The Morgan fingerprint density at radius 3 is 0.855 bits per heavy atom. The van der Waals surface area contributed by atoms with Gasteiger partial charge in [0.1, 0.15) is 39.9 Å². The highest BCUT2D eigenvalue weighted by molar-refractivity contribution is 8.14. The van der Waals surface area contributed by atoms with Crippen LogP contribution in [0.25, 0.3) is 0 Å². The van der Waals surface area contributed by atoms with Gasteiger partial charge in [-0.05, 0) is 229 Å². The number of methoxy groups -OCH3 is 2. The molecule has 9 fully saturated rings. The van der Waals surface area contributed by atoms with Gasteiger partial charge in [-0.1, -0.05) is 116 Å². The first-order valence-corrected chi connectivity index (χ1v) is 45.9. The molecule has 29 nitrogen and oxygen atoms in total. The Hall–Kier alpha value is -6.34. The van der Waals surface area contributed by atoms with Crippen molar-refractivity contribution in [2.75, 3.05) is 47.6 Å². The van der Waals surface area contributed by atoms with Gasteiger partial charge in [0.25, 0.3) is 0 Å². The van der Waals surface area contributed by atoms with Gasteiger partial charge in [-0.25, -0.2) is 0 Å². The molecular formula is C94H160O29S. The number of esters is 11. The normalized spacial score (nSPS) is 25.2. The third kappa shape index (κ3) is 41.0. The molecule has 0 aliphatic heterocycles. The third-order valence-electron chi connectivity index (χ3n) is 23.6. The Balaban J connectivity index is 0.000000507. The quantitative estimate of drug-likeness (QED) is 0.0328. The fraction of sp³-hybridized carbons (Fsp3) is 0.862. The predicted molar refractivity (Wildman–Crippen MR) is 465 cm³/mol. The van der Waals surface area contributed by atoms with E-state index in [0.717, 1.165) is 80.5 Å². The van der Waals surface area contributed by atoms with E-state index in [1.54, 1.807) is 132 Å². The van der Waals surface area contributed by atoms with Crippen molar-refractivity contribution >= 4 is 88.3 Å². The van der Waals surface area contributed by atoms with Crippen LogP contribution in [0.4, 0.5) is 0 Å². The number of rotatable bonds is 34. The van der Waals surface area contributed by atoms with E-state index in [9.17, 15) is 62.3 Å². The highest BCUT2D eigenvalue weighted by Gasteiger charge is 2.56. The Morgan fingerprint density at radius 2 is 0.605 bits per heavy atom. The summed E-state index contributed by atoms with van der Waals surface area (Å²) in [6, 6.07) is 0. The zero-order valence-corrected chi connectivity index (χ0v) is 82.1. The standard InChI is InChI=1S/C20H32O4.C20H32O3S.C16H26O5.C14H26O6.C14H26O5.C10H18O6/c1-12(17(21)23-19(3,4)5)13(2)18(22)24-20-9-14-6-15(10-20)8-16(7-14)11-20;1-12(13(2)18(22)24-19(3,4)5)17(21)23-20-9-14-6-15(10-20)8-16(7-14)11-20;1-10(11(2)15(19)21-16(3,4)5)14(18)20-13-8-6-7-12(17)9-13;1-7-17-11(5)19-13(15)9(3)10(4)14(16)20-12(6)18-8-2;1-8-17-11(4)18-12(15)9(2)10(3)13(16)19-14(5,6)7;1-7(9(11)15-5-13-3)8(2)10(12)16-6-14-4/h2*12-16H,6-11H2,1-5H3;10-11,13H,6-9H2,1-5H3;9-12H,7-8H2,1-6H3;9-11H,8H2,1-7H3;7-8H,5-6H2,1-4H3. The molecule has 716 valence electrons. The lowest BCUT2D eigenvalue weighted by Gasteiger charge is -2.55. The molecule has 30 heteroatoms. The summed E-state index contributed by atoms with van der Waals surface area (Å²) < 4.78 is 82.6. The second-order valence-corrected chi connectivity index (χ2v) is 41.3. The van der Waals surface area contributed by atoms with Crippen molar-refractivity contribution in [2.45, 2.75) is 368 Å². The van der Waals surface area contributed by atoms with Crippen LogP contribution in [0.15, 0.2) is 0 Å². The van der Waals surface area contributed by atoms with E-state index in [1.165, 1.54) is 64.5 Å². The molecule has 9 rings (SSSR count). The third-order valence-corrected chi connectivity index (χ3v) is 24.8. The fourth-order valence-corrected chi connectivity index (χ4v) is 17.4. The van der Waals surface area contributed by atoms with Crippen LogP contribution in [0, 0.1) is 107 Å². The average Bonchev–Trinajstić information content (AvgIpc) is 0.752. The molecule has 16 atom stereocenters. The molecule has 0 amide bonds. The van der Waals surface area contributed by atoms with Gasteiger partial charge in [0.15, 0.2) is 37.6 Å². The summed E-state index contributed by atoms with van der Waals surface area (Å²) >= 11 is 1.33. The monoisotopic (exact) mass is 1790 g/mol. The molecule has 0 heterocycles. The molecule has 9 aliphatic rings. The number of Topliss-reactive ketones (excluding diaryl/α,β-unsaturated/α-hetero) is 1. The van der Waals surface area contributed by atoms with Crippen LogP contribution in [0.2, 0.25) is 0 Å². The number of thioether (sulfide) groups is 1. The van der Waals surface area contributed by atoms with Crippen molar-refractivity contribution in [3.05, 3.63) is 0 Å². The molecule has 0 aromatic rings. The van der Waals surface area contributed by atoms with Gasteiger partial charge < -0.3 is 75.8 Å². The van der Waals surface area contributed by atoms with Crippen LogP contribution in [-0.4, -0.2) is 182 Å². The molecule has 0 aromatic heterocycles. The number of carbonyl (C=O) groups is 13. The first-order chi connectivity index (χ1) is 57.2. The smallest absolute Gasteiger partial charge is 0.311 e. The van der Waals surface area contributed by atoms with Crippen molar-refractivity contribution in [1.82, 2.24) is 0 Å². The van der Waals surface area contributed by atoms with Crippen molar-refractivity contribution in [1.29, 1.82) is 0 Å². The highest BCUT2D eigenvalue weighted by atomic mass is 32.2. The molecule has 9 saturated carbocycles. The van der Waals surface area contributed by atoms with Gasteiger partial charge in [0.2, 0.25) is 0 Å². The molecule has 8 bridgehead atoms. The van der Waals surface area contributed by atoms with Gasteiger partial charge in [0.05, 0.1) is 65.1 Å². The second kappa shape index (κ2) is 52.3. The van der Waals surface area contributed by atoms with Crippen LogP contribution in [-0.2, 0) is 138 Å². The Labute approximate surface area is 745 Å². The number of carbonyl (C=O) groups excluding carboxylic acids is 13. The minimum atomic E-state index is -0.625. The van der Waals surface area contributed by atoms with E-state index in [1.807, 2.05) is 76.2 Å². The van der Waals surface area contributed by atoms with E-state index >= 15 is 0 Å². The molecule has 0 spiro atoms. The summed E-state index contributed by atoms with van der Waals surface area (Å²) in [6.45, 7) is 54.1. The topological polar surface area (TPSA) is 370 Å². The largest absolute Gasteiger partial charge is 0.462 e. The average molecular weight is 1790 g/mol. The van der Waals surface area contributed by atoms with Crippen LogP contribution >= 0.6 is 11.8 Å². The molecule has 0 N–H and O–H groups in total. The Morgan fingerprint density at radius 1 is 0.355 bits per heavy atom. The molecular weight excluding hydrogens is 1630 g/mol. The van der Waals surface area contributed by atoms with Crippen LogP contribution < -0.4 is 0 Å². The van der Waals surface area contributed by atoms with Gasteiger partial charge in [0, 0.05) is 57.5 Å². The fourth-order valence-electron chi connectivity index (χ4n) is 16.4. The summed E-state index contributed by atoms with van der Waals surface area (Å²) in [5.74, 6) is -6.04. The van der Waals surface area contributed by atoms with Gasteiger partial charge in [-0.3, -0.25) is 62.3 Å². The van der Waals surface area contributed by atoms with E-state index in [0.29, 0.717) is 39.1 Å². The van der Waals surface area contributed by atoms with Gasteiger partial charge in [-0.2, -0.15) is 0 Å². The molecule has 124 heavy (non-hydrogen) atoms. The molecule has 9 aliphatic carbocycles. The summed E-state index contributed by atoms with van der Waals surface area (Å²) in [4.78, 5) is 156. The highest BCUT2D eigenvalue weighted by Crippen LogP contribution is 2.59. The maximum atomic E-state index is 12.8. The number of ketones is 1. The molecule has 0 saturated heterocycles. The molecule has 0 aromatic carbocycles. The van der Waals surface area contributed by atoms with Gasteiger partial charge >= 0.3 is 65.7 Å². The van der Waals surface area contributed by atoms with Crippen LogP contribution in [0.5, 0.6) is 0 Å². The lowest BCUT2D eigenvalue weighted by molar-refractivity contribution is -0.194. The zero-order chi connectivity index (χ0) is 95.1. The van der Waals surface area contributed by atoms with Crippen molar-refractivity contribution in [3.63, 3.8) is 0 Å². The first-order valence-electron chi connectivity index (χ1n) is 45.1. The number of hydrogen-bond acceptors (Lipinski definition) is 30. The summed E-state index contributed by atoms with van der Waals surface area (Å²) in [5, 5.41) is 0.0949. The van der Waals surface area contributed by atoms with E-state index in [4.69, 9.17) is 66.3 Å². The van der Waals surface area contributed by atoms with Crippen molar-refractivity contribution in [2.24, 2.45) is 107 Å². The Bertz CT molecular complexity index is 3180. The van der Waals surface area contributed by atoms with Crippen LogP contribution in [0.3, 0.4) is 0 Å². The van der Waals surface area contributed by atoms with Gasteiger partial charge in [-0.15, -0.1) is 0 Å². The predicted octanol–water partition coefficient (Wildman–Crippen LogP) is 16.8. The first kappa shape index (κ1) is 114. The second-order valence-electron chi connectivity index (χ2n) is 39.5. The minimum Gasteiger partial charge on any atom is -0.462 e. The zero-order valence-electron chi connectivity index (χ0n) is 81.3. The van der Waals surface area contributed by atoms with E-state index in [2.05, 4.69) is 9.47 Å². The molecule has 16 unspecified atom stereocenters.